The van der Waals surface area contributed by atoms with Gasteiger partial charge in [0.1, 0.15) is 0 Å². The van der Waals surface area contributed by atoms with E-state index in [-0.39, 0.29) is 26.1 Å². The Morgan fingerprint density at radius 2 is 1.70 bits per heavy atom. The molecule has 0 atom stereocenters. The molecule has 2 N–H and O–H groups in total. The van der Waals surface area contributed by atoms with E-state index >= 15 is 0 Å². The normalized spacial score (nSPS) is 10.3. The molecule has 0 aromatic rings. The van der Waals surface area contributed by atoms with Gasteiger partial charge in [-0.15, -0.1) is 0 Å². The highest BCUT2D eigenvalue weighted by Crippen LogP contribution is 2.00. The van der Waals surface area contributed by atoms with Crippen LogP contribution in [0, 0.1) is 10.1 Å². The van der Waals surface area contributed by atoms with Gasteiger partial charge in [-0.05, 0) is 0 Å². The Labute approximate surface area is 58.4 Å². The standard InChI is InChI=1S/C5H11NO4/c7-3-1-5(2-4-8)6(9)10/h5,7-8H,1-4H2. The second-order valence-corrected chi connectivity index (χ2v) is 1.96. The summed E-state index contributed by atoms with van der Waals surface area (Å²) in [6, 6.07) is -0.796. The Morgan fingerprint density at radius 1 is 1.30 bits per heavy atom. The van der Waals surface area contributed by atoms with Crippen molar-refractivity contribution in [2.45, 2.75) is 18.9 Å². The summed E-state index contributed by atoms with van der Waals surface area (Å²) in [5, 5.41) is 26.7. The molecule has 0 aliphatic rings. The minimum absolute atomic E-state index is 0.119. The van der Waals surface area contributed by atoms with Gasteiger partial charge in [0, 0.05) is 31.0 Å². The minimum Gasteiger partial charge on any atom is -0.396 e. The third kappa shape index (κ3) is 3.37. The summed E-state index contributed by atoms with van der Waals surface area (Å²) in [5.74, 6) is 0. The van der Waals surface area contributed by atoms with Crippen LogP contribution < -0.4 is 0 Å². The quantitative estimate of drug-likeness (QED) is 0.403. The van der Waals surface area contributed by atoms with Crippen LogP contribution in [-0.4, -0.2) is 34.4 Å². The van der Waals surface area contributed by atoms with E-state index in [1.807, 2.05) is 0 Å². The summed E-state index contributed by atoms with van der Waals surface area (Å²) in [4.78, 5) is 9.58. The molecule has 0 unspecified atom stereocenters. The first-order valence-corrected chi connectivity index (χ1v) is 3.07. The highest BCUT2D eigenvalue weighted by Gasteiger charge is 2.17. The van der Waals surface area contributed by atoms with Crippen molar-refractivity contribution < 1.29 is 15.1 Å². The zero-order valence-electron chi connectivity index (χ0n) is 5.56. The molecule has 0 bridgehead atoms. The highest BCUT2D eigenvalue weighted by molar-refractivity contribution is 4.54. The van der Waals surface area contributed by atoms with Gasteiger partial charge in [0.15, 0.2) is 0 Å². The predicted octanol–water partition coefficient (Wildman–Crippen LogP) is -0.604. The first-order chi connectivity index (χ1) is 4.72. The van der Waals surface area contributed by atoms with Gasteiger partial charge in [0.05, 0.1) is 0 Å². The van der Waals surface area contributed by atoms with E-state index in [1.54, 1.807) is 0 Å². The molecule has 0 aromatic heterocycles. The molecule has 0 fully saturated rings. The van der Waals surface area contributed by atoms with Gasteiger partial charge in [-0.3, -0.25) is 10.1 Å². The topological polar surface area (TPSA) is 83.6 Å². The second-order valence-electron chi connectivity index (χ2n) is 1.96. The van der Waals surface area contributed by atoms with Crippen LogP contribution in [0.1, 0.15) is 12.8 Å². The Balaban J connectivity index is 3.61. The van der Waals surface area contributed by atoms with E-state index in [0.717, 1.165) is 0 Å². The monoisotopic (exact) mass is 149 g/mol. The fraction of sp³-hybridized carbons (Fsp3) is 1.00. The predicted molar refractivity (Wildman–Crippen MR) is 34.2 cm³/mol. The number of rotatable bonds is 5. The molecular formula is C5H11NO4. The van der Waals surface area contributed by atoms with Crippen molar-refractivity contribution in [2.24, 2.45) is 0 Å². The van der Waals surface area contributed by atoms with E-state index in [9.17, 15) is 10.1 Å². The molecule has 0 saturated heterocycles. The smallest absolute Gasteiger partial charge is 0.217 e. The van der Waals surface area contributed by atoms with E-state index in [2.05, 4.69) is 0 Å². The summed E-state index contributed by atoms with van der Waals surface area (Å²) < 4.78 is 0. The number of aliphatic hydroxyl groups is 2. The van der Waals surface area contributed by atoms with Crippen molar-refractivity contribution in [1.29, 1.82) is 0 Å². The average Bonchev–Trinajstić information content (AvgIpc) is 1.87. The van der Waals surface area contributed by atoms with Crippen LogP contribution in [0.2, 0.25) is 0 Å². The van der Waals surface area contributed by atoms with Crippen LogP contribution in [0.15, 0.2) is 0 Å². The van der Waals surface area contributed by atoms with Crippen LogP contribution in [0.3, 0.4) is 0 Å². The lowest BCUT2D eigenvalue weighted by Gasteiger charge is -2.04. The van der Waals surface area contributed by atoms with E-state index in [4.69, 9.17) is 10.2 Å². The van der Waals surface area contributed by atoms with E-state index in [0.29, 0.717) is 0 Å². The van der Waals surface area contributed by atoms with Crippen molar-refractivity contribution in [3.8, 4) is 0 Å². The Kier molecular flexibility index (Phi) is 4.78. The summed E-state index contributed by atoms with van der Waals surface area (Å²) in [7, 11) is 0. The first kappa shape index (κ1) is 9.32. The molecule has 5 heteroatoms. The van der Waals surface area contributed by atoms with Crippen LogP contribution in [0.4, 0.5) is 0 Å². The Morgan fingerprint density at radius 3 is 1.90 bits per heavy atom. The molecule has 0 aliphatic heterocycles. The molecule has 10 heavy (non-hydrogen) atoms. The van der Waals surface area contributed by atoms with Crippen molar-refractivity contribution in [3.63, 3.8) is 0 Å². The third-order valence-electron chi connectivity index (χ3n) is 1.22. The maximum atomic E-state index is 10.1. The van der Waals surface area contributed by atoms with Crippen LogP contribution in [0.25, 0.3) is 0 Å². The highest BCUT2D eigenvalue weighted by atomic mass is 16.6. The first-order valence-electron chi connectivity index (χ1n) is 3.07. The molecule has 0 aliphatic carbocycles. The molecule has 0 saturated carbocycles. The molecule has 0 rings (SSSR count). The van der Waals surface area contributed by atoms with Gasteiger partial charge in [-0.2, -0.15) is 0 Å². The summed E-state index contributed by atoms with van der Waals surface area (Å²) in [6.07, 6.45) is 0.237. The molecule has 0 radical (unpaired) electrons. The van der Waals surface area contributed by atoms with E-state index < -0.39 is 11.0 Å². The average molecular weight is 149 g/mol. The number of nitro groups is 1. The second kappa shape index (κ2) is 5.13. The molecule has 60 valence electrons. The fourth-order valence-corrected chi connectivity index (χ4v) is 0.653. The maximum Gasteiger partial charge on any atom is 0.217 e. The van der Waals surface area contributed by atoms with Crippen molar-refractivity contribution in [2.75, 3.05) is 13.2 Å². The van der Waals surface area contributed by atoms with Crippen molar-refractivity contribution in [1.82, 2.24) is 0 Å². The lowest BCUT2D eigenvalue weighted by molar-refractivity contribution is -0.525. The molecular weight excluding hydrogens is 138 g/mol. The van der Waals surface area contributed by atoms with Gasteiger partial charge in [0.25, 0.3) is 0 Å². The largest absolute Gasteiger partial charge is 0.396 e. The zero-order chi connectivity index (χ0) is 7.98. The van der Waals surface area contributed by atoms with Crippen LogP contribution >= 0.6 is 0 Å². The minimum atomic E-state index is -0.796. The fourth-order valence-electron chi connectivity index (χ4n) is 0.653. The number of nitrogens with zero attached hydrogens (tertiary/aromatic N) is 1. The summed E-state index contributed by atoms with van der Waals surface area (Å²) in [6.45, 7) is -0.405. The number of hydrogen-bond donors (Lipinski definition) is 2. The molecule has 5 nitrogen and oxygen atoms in total. The van der Waals surface area contributed by atoms with Gasteiger partial charge < -0.3 is 10.2 Å². The van der Waals surface area contributed by atoms with Gasteiger partial charge in [0.2, 0.25) is 6.04 Å². The molecule has 0 heterocycles. The SMILES string of the molecule is O=[N+]([O-])C(CCO)CCO. The molecule has 0 spiro atoms. The summed E-state index contributed by atoms with van der Waals surface area (Å²) in [5.41, 5.74) is 0. The Bertz CT molecular complexity index is 99.8. The maximum absolute atomic E-state index is 10.1. The lowest BCUT2D eigenvalue weighted by Crippen LogP contribution is -2.21. The number of hydrogen-bond acceptors (Lipinski definition) is 4. The molecule has 0 aromatic carbocycles. The summed E-state index contributed by atoms with van der Waals surface area (Å²) >= 11 is 0. The van der Waals surface area contributed by atoms with Gasteiger partial charge in [-0.25, -0.2) is 0 Å². The zero-order valence-corrected chi connectivity index (χ0v) is 5.56. The Hall–Kier alpha value is -0.680. The van der Waals surface area contributed by atoms with E-state index in [1.165, 1.54) is 0 Å². The molecule has 0 amide bonds. The number of aliphatic hydroxyl groups excluding tert-OH is 2. The van der Waals surface area contributed by atoms with Gasteiger partial charge >= 0.3 is 0 Å². The van der Waals surface area contributed by atoms with Crippen molar-refractivity contribution >= 4 is 0 Å². The lowest BCUT2D eigenvalue weighted by atomic mass is 10.2. The van der Waals surface area contributed by atoms with Crippen LogP contribution in [-0.2, 0) is 0 Å². The third-order valence-corrected chi connectivity index (χ3v) is 1.22. The van der Waals surface area contributed by atoms with Crippen LogP contribution in [0.5, 0.6) is 0 Å². The van der Waals surface area contributed by atoms with Gasteiger partial charge in [-0.1, -0.05) is 0 Å². The van der Waals surface area contributed by atoms with Crippen molar-refractivity contribution in [3.05, 3.63) is 10.1 Å².